The lowest BCUT2D eigenvalue weighted by Gasteiger charge is -2.10. The normalized spacial score (nSPS) is 14.6. The third kappa shape index (κ3) is 10.6. The predicted molar refractivity (Wildman–Crippen MR) is 74.3 cm³/mol. The molecule has 3 nitrogen and oxygen atoms in total. The van der Waals surface area contributed by atoms with Crippen LogP contribution in [-0.2, 0) is 4.57 Å². The van der Waals surface area contributed by atoms with Crippen LogP contribution in [0.1, 0.15) is 51.9 Å². The van der Waals surface area contributed by atoms with E-state index in [1.165, 1.54) is 25.7 Å². The number of hydrogen-bond donors (Lipinski definition) is 2. The highest BCUT2D eigenvalue weighted by molar-refractivity contribution is 7.80. The van der Waals surface area contributed by atoms with Crippen molar-refractivity contribution in [1.29, 1.82) is 0 Å². The zero-order valence-corrected chi connectivity index (χ0v) is 11.9. The third-order valence-corrected chi connectivity index (χ3v) is 4.71. The van der Waals surface area contributed by atoms with E-state index < -0.39 is 7.37 Å². The largest absolute Gasteiger partial charge is 0.393 e. The quantitative estimate of drug-likeness (QED) is 0.361. The number of rotatable bonds is 10. The molecule has 0 aromatic rings. The van der Waals surface area contributed by atoms with Gasteiger partial charge in [0, 0.05) is 18.7 Å². The topological polar surface area (TPSA) is 63.3 Å². The van der Waals surface area contributed by atoms with Crippen LogP contribution in [0, 0.1) is 0 Å². The Balaban J connectivity index is 3.50. The van der Waals surface area contributed by atoms with Crippen molar-refractivity contribution in [1.82, 2.24) is 0 Å². The molecule has 0 saturated heterocycles. The maximum absolute atomic E-state index is 11.6. The van der Waals surface area contributed by atoms with Crippen LogP contribution in [0.5, 0.6) is 0 Å². The van der Waals surface area contributed by atoms with E-state index in [1.54, 1.807) is 0 Å². The zero-order valence-electron chi connectivity index (χ0n) is 10.2. The molecule has 0 fully saturated rings. The molecule has 96 valence electrons. The SMILES string of the molecule is CCCCCCCCP(=O)(O)CCC(N)=S. The van der Waals surface area contributed by atoms with E-state index in [2.05, 4.69) is 6.92 Å². The van der Waals surface area contributed by atoms with Crippen LogP contribution < -0.4 is 5.73 Å². The first-order chi connectivity index (χ1) is 7.48. The Morgan fingerprint density at radius 3 is 2.31 bits per heavy atom. The highest BCUT2D eigenvalue weighted by Crippen LogP contribution is 2.42. The minimum absolute atomic E-state index is 0.247. The molecule has 5 heteroatoms. The summed E-state index contributed by atoms with van der Waals surface area (Å²) in [6.45, 7) is 2.18. The van der Waals surface area contributed by atoms with Gasteiger partial charge in [-0.1, -0.05) is 51.2 Å². The first kappa shape index (κ1) is 16.1. The maximum atomic E-state index is 11.6. The van der Waals surface area contributed by atoms with E-state index in [-0.39, 0.29) is 6.16 Å². The summed E-state index contributed by atoms with van der Waals surface area (Å²) in [5, 5.41) is 0. The minimum atomic E-state index is -2.97. The summed E-state index contributed by atoms with van der Waals surface area (Å²) >= 11 is 4.69. The summed E-state index contributed by atoms with van der Waals surface area (Å²) in [6, 6.07) is 0. The van der Waals surface area contributed by atoms with Crippen LogP contribution in [-0.4, -0.2) is 22.2 Å². The Kier molecular flexibility index (Phi) is 9.19. The fraction of sp³-hybridized carbons (Fsp3) is 0.909. The molecule has 0 amide bonds. The summed E-state index contributed by atoms with van der Waals surface area (Å²) in [6.07, 6.45) is 7.84. The van der Waals surface area contributed by atoms with E-state index in [0.717, 1.165) is 12.8 Å². The molecule has 0 heterocycles. The standard InChI is InChI=1S/C11H24NO2PS/c1-2-3-4-5-6-7-9-15(13,14)10-8-11(12)16/h2-10H2,1H3,(H2,12,16)(H,13,14). The van der Waals surface area contributed by atoms with Crippen molar-refractivity contribution in [2.75, 3.05) is 12.3 Å². The highest BCUT2D eigenvalue weighted by atomic mass is 32.1. The zero-order chi connectivity index (χ0) is 12.4. The van der Waals surface area contributed by atoms with E-state index in [1.807, 2.05) is 0 Å². The predicted octanol–water partition coefficient (Wildman–Crippen LogP) is 3.29. The number of hydrogen-bond acceptors (Lipinski definition) is 2. The van der Waals surface area contributed by atoms with Gasteiger partial charge >= 0.3 is 0 Å². The molecule has 0 aliphatic rings. The van der Waals surface area contributed by atoms with Crippen LogP contribution in [0.15, 0.2) is 0 Å². The molecule has 0 aliphatic carbocycles. The molecular formula is C11H24NO2PS. The number of unbranched alkanes of at least 4 members (excludes halogenated alkanes) is 5. The average molecular weight is 265 g/mol. The van der Waals surface area contributed by atoms with Gasteiger partial charge in [0.15, 0.2) is 0 Å². The summed E-state index contributed by atoms with van der Waals surface area (Å²) in [5.74, 6) is 0. The number of nitrogens with two attached hydrogens (primary N) is 1. The second-order valence-electron chi connectivity index (χ2n) is 4.28. The molecule has 1 unspecified atom stereocenters. The van der Waals surface area contributed by atoms with Gasteiger partial charge in [-0.25, -0.2) is 0 Å². The molecular weight excluding hydrogens is 241 g/mol. The monoisotopic (exact) mass is 265 g/mol. The first-order valence-corrected chi connectivity index (χ1v) is 8.51. The lowest BCUT2D eigenvalue weighted by molar-refractivity contribution is 0.474. The molecule has 0 bridgehead atoms. The van der Waals surface area contributed by atoms with E-state index in [9.17, 15) is 9.46 Å². The molecule has 16 heavy (non-hydrogen) atoms. The Morgan fingerprint density at radius 2 is 1.75 bits per heavy atom. The summed E-state index contributed by atoms with van der Waals surface area (Å²) in [7, 11) is -2.97. The van der Waals surface area contributed by atoms with E-state index in [4.69, 9.17) is 18.0 Å². The molecule has 0 aromatic carbocycles. The summed E-state index contributed by atoms with van der Waals surface area (Å²) in [4.78, 5) is 9.94. The highest BCUT2D eigenvalue weighted by Gasteiger charge is 2.17. The van der Waals surface area contributed by atoms with Gasteiger partial charge in [0.2, 0.25) is 7.37 Å². The number of thiocarbonyl (C=S) groups is 1. The van der Waals surface area contributed by atoms with Gasteiger partial charge in [0.25, 0.3) is 0 Å². The summed E-state index contributed by atoms with van der Waals surface area (Å²) in [5.41, 5.74) is 5.31. The van der Waals surface area contributed by atoms with Gasteiger partial charge in [0.1, 0.15) is 0 Å². The van der Waals surface area contributed by atoms with Crippen LogP contribution in [0.2, 0.25) is 0 Å². The molecule has 0 rings (SSSR count). The Labute approximate surface area is 104 Å². The van der Waals surface area contributed by atoms with Crippen molar-refractivity contribution in [2.24, 2.45) is 5.73 Å². The second kappa shape index (κ2) is 9.15. The van der Waals surface area contributed by atoms with Crippen molar-refractivity contribution >= 4 is 24.6 Å². The van der Waals surface area contributed by atoms with Crippen molar-refractivity contribution < 1.29 is 9.46 Å². The molecule has 0 radical (unpaired) electrons. The molecule has 0 spiro atoms. The minimum Gasteiger partial charge on any atom is -0.393 e. The Morgan fingerprint density at radius 1 is 1.19 bits per heavy atom. The van der Waals surface area contributed by atoms with Crippen LogP contribution in [0.25, 0.3) is 0 Å². The van der Waals surface area contributed by atoms with Crippen molar-refractivity contribution in [2.45, 2.75) is 51.9 Å². The summed E-state index contributed by atoms with van der Waals surface area (Å²) < 4.78 is 11.6. The fourth-order valence-corrected chi connectivity index (χ4v) is 3.32. The smallest absolute Gasteiger partial charge is 0.201 e. The van der Waals surface area contributed by atoms with Crippen molar-refractivity contribution in [3.05, 3.63) is 0 Å². The van der Waals surface area contributed by atoms with E-state index >= 15 is 0 Å². The van der Waals surface area contributed by atoms with Gasteiger partial charge in [0.05, 0.1) is 4.99 Å². The van der Waals surface area contributed by atoms with Gasteiger partial charge < -0.3 is 10.6 Å². The van der Waals surface area contributed by atoms with Crippen molar-refractivity contribution in [3.8, 4) is 0 Å². The molecule has 0 aromatic heterocycles. The average Bonchev–Trinajstić information content (AvgIpc) is 2.21. The van der Waals surface area contributed by atoms with Crippen LogP contribution >= 0.6 is 19.6 Å². The van der Waals surface area contributed by atoms with Crippen LogP contribution in [0.3, 0.4) is 0 Å². The lowest BCUT2D eigenvalue weighted by atomic mass is 10.1. The first-order valence-electron chi connectivity index (χ1n) is 6.07. The van der Waals surface area contributed by atoms with Gasteiger partial charge in [-0.3, -0.25) is 4.57 Å². The van der Waals surface area contributed by atoms with Gasteiger partial charge in [-0.05, 0) is 6.42 Å². The van der Waals surface area contributed by atoms with Gasteiger partial charge in [-0.15, -0.1) is 0 Å². The molecule has 1 atom stereocenters. The molecule has 0 aliphatic heterocycles. The third-order valence-electron chi connectivity index (χ3n) is 2.57. The van der Waals surface area contributed by atoms with Crippen molar-refractivity contribution in [3.63, 3.8) is 0 Å². The molecule has 0 saturated carbocycles. The van der Waals surface area contributed by atoms with Gasteiger partial charge in [-0.2, -0.15) is 0 Å². The fourth-order valence-electron chi connectivity index (χ4n) is 1.54. The second-order valence-corrected chi connectivity index (χ2v) is 7.39. The maximum Gasteiger partial charge on any atom is 0.201 e. The van der Waals surface area contributed by atoms with Crippen LogP contribution in [0.4, 0.5) is 0 Å². The lowest BCUT2D eigenvalue weighted by Crippen LogP contribution is -2.10. The Bertz CT molecular complexity index is 246. The van der Waals surface area contributed by atoms with E-state index in [0.29, 0.717) is 17.6 Å². The molecule has 3 N–H and O–H groups in total. The Hall–Kier alpha value is 0.0800.